The Kier molecular flexibility index (Phi) is 5.32. The van der Waals surface area contributed by atoms with Crippen LogP contribution < -0.4 is 15.0 Å². The number of anilines is 2. The van der Waals surface area contributed by atoms with Crippen LogP contribution in [0, 0.1) is 0 Å². The summed E-state index contributed by atoms with van der Waals surface area (Å²) in [5.41, 5.74) is 1.02. The zero-order chi connectivity index (χ0) is 16.9. The number of nitrogens with zero attached hydrogens (tertiary/aromatic N) is 3. The maximum Gasteiger partial charge on any atom is 0.132 e. The van der Waals surface area contributed by atoms with Crippen LogP contribution in [0.2, 0.25) is 0 Å². The Labute approximate surface area is 145 Å². The Morgan fingerprint density at radius 3 is 2.46 bits per heavy atom. The lowest BCUT2D eigenvalue weighted by atomic mass is 10.3. The van der Waals surface area contributed by atoms with Crippen molar-refractivity contribution < 1.29 is 8.95 Å². The van der Waals surface area contributed by atoms with E-state index in [1.165, 1.54) is 0 Å². The van der Waals surface area contributed by atoms with Crippen LogP contribution in [0.5, 0.6) is 5.75 Å². The van der Waals surface area contributed by atoms with Crippen molar-refractivity contribution in [2.45, 2.75) is 4.90 Å². The van der Waals surface area contributed by atoms with Gasteiger partial charge in [0.05, 0.1) is 12.0 Å². The molecule has 1 aliphatic rings. The zero-order valence-electron chi connectivity index (χ0n) is 13.9. The predicted molar refractivity (Wildman–Crippen MR) is 97.0 cm³/mol. The van der Waals surface area contributed by atoms with Crippen LogP contribution in [-0.4, -0.2) is 53.8 Å². The molecular formula is C17H22N4O2S. The number of nitrogens with one attached hydrogen (secondary N) is 1. The molecule has 1 atom stereocenters. The average molecular weight is 346 g/mol. The lowest BCUT2D eigenvalue weighted by Crippen LogP contribution is -2.47. The summed E-state index contributed by atoms with van der Waals surface area (Å²) in [7, 11) is 2.40. The summed E-state index contributed by atoms with van der Waals surface area (Å²) in [6.45, 7) is 3.06. The fraction of sp³-hybridized carbons (Fsp3) is 0.353. The van der Waals surface area contributed by atoms with Crippen molar-refractivity contribution >= 4 is 22.5 Å². The standard InChI is InChI=1S/C17H22N4O2S/c1-18-14-3-5-16(6-4-14)24(22)21-11-9-20(10-12-21)17-13-15(23-2)7-8-19-17/h3-8,13,18H,9-12H2,1-2H3. The van der Waals surface area contributed by atoms with Gasteiger partial charge in [0.15, 0.2) is 0 Å². The van der Waals surface area contributed by atoms with E-state index in [0.29, 0.717) is 0 Å². The number of aromatic nitrogens is 1. The molecule has 24 heavy (non-hydrogen) atoms. The largest absolute Gasteiger partial charge is 0.497 e. The minimum absolute atomic E-state index is 0.735. The van der Waals surface area contributed by atoms with Gasteiger partial charge in [-0.25, -0.2) is 13.5 Å². The number of hydrogen-bond acceptors (Lipinski definition) is 5. The topological polar surface area (TPSA) is 57.7 Å². The van der Waals surface area contributed by atoms with Gasteiger partial charge in [-0.3, -0.25) is 0 Å². The summed E-state index contributed by atoms with van der Waals surface area (Å²) < 4.78 is 20.0. The maximum absolute atomic E-state index is 12.7. The van der Waals surface area contributed by atoms with Gasteiger partial charge in [-0.05, 0) is 30.3 Å². The number of ether oxygens (including phenoxy) is 1. The van der Waals surface area contributed by atoms with E-state index >= 15 is 0 Å². The van der Waals surface area contributed by atoms with Crippen molar-refractivity contribution in [1.29, 1.82) is 0 Å². The first-order chi connectivity index (χ1) is 11.7. The highest BCUT2D eigenvalue weighted by Crippen LogP contribution is 2.21. The number of methoxy groups -OCH3 is 1. The van der Waals surface area contributed by atoms with Gasteiger partial charge in [-0.2, -0.15) is 0 Å². The molecule has 1 fully saturated rings. The number of hydrogen-bond donors (Lipinski definition) is 1. The van der Waals surface area contributed by atoms with Crippen LogP contribution in [0.1, 0.15) is 0 Å². The normalized spacial score (nSPS) is 16.7. The molecule has 0 spiro atoms. The van der Waals surface area contributed by atoms with Gasteiger partial charge in [0, 0.05) is 51.2 Å². The lowest BCUT2D eigenvalue weighted by molar-refractivity contribution is 0.404. The first-order valence-corrected chi connectivity index (χ1v) is 9.01. The Morgan fingerprint density at radius 2 is 1.83 bits per heavy atom. The molecule has 2 heterocycles. The van der Waals surface area contributed by atoms with Gasteiger partial charge in [-0.1, -0.05) is 0 Å². The van der Waals surface area contributed by atoms with Gasteiger partial charge >= 0.3 is 0 Å². The Hall–Kier alpha value is -2.12. The van der Waals surface area contributed by atoms with E-state index in [2.05, 4.69) is 15.2 Å². The monoisotopic (exact) mass is 346 g/mol. The summed E-state index contributed by atoms with van der Waals surface area (Å²) in [5.74, 6) is 1.70. The quantitative estimate of drug-likeness (QED) is 0.897. The second kappa shape index (κ2) is 7.63. The van der Waals surface area contributed by atoms with Crippen molar-refractivity contribution in [2.24, 2.45) is 0 Å². The van der Waals surface area contributed by atoms with Crippen molar-refractivity contribution in [1.82, 2.24) is 9.29 Å². The third-order valence-corrected chi connectivity index (χ3v) is 5.60. The lowest BCUT2D eigenvalue weighted by Gasteiger charge is -2.34. The summed E-state index contributed by atoms with van der Waals surface area (Å²) >= 11 is 0. The number of piperazine rings is 1. The number of pyridine rings is 1. The van der Waals surface area contributed by atoms with Gasteiger partial charge in [0.1, 0.15) is 22.6 Å². The summed E-state index contributed by atoms with van der Waals surface area (Å²) in [6.07, 6.45) is 1.75. The summed E-state index contributed by atoms with van der Waals surface area (Å²) in [4.78, 5) is 7.43. The molecule has 0 bridgehead atoms. The van der Waals surface area contributed by atoms with Gasteiger partial charge < -0.3 is 15.0 Å². The average Bonchev–Trinajstić information content (AvgIpc) is 2.67. The third kappa shape index (κ3) is 3.68. The molecule has 1 aliphatic heterocycles. The fourth-order valence-electron chi connectivity index (χ4n) is 2.67. The highest BCUT2D eigenvalue weighted by molar-refractivity contribution is 7.82. The van der Waals surface area contributed by atoms with E-state index in [9.17, 15) is 4.21 Å². The molecule has 128 valence electrons. The number of benzene rings is 1. The minimum atomic E-state index is -1.12. The highest BCUT2D eigenvalue weighted by Gasteiger charge is 2.23. The van der Waals surface area contributed by atoms with Crippen LogP contribution in [0.25, 0.3) is 0 Å². The smallest absolute Gasteiger partial charge is 0.132 e. The van der Waals surface area contributed by atoms with Crippen LogP contribution in [0.4, 0.5) is 11.5 Å². The summed E-state index contributed by atoms with van der Waals surface area (Å²) in [5, 5.41) is 3.07. The van der Waals surface area contributed by atoms with Crippen LogP contribution in [-0.2, 0) is 11.0 Å². The van der Waals surface area contributed by atoms with Crippen LogP contribution in [0.15, 0.2) is 47.5 Å². The van der Waals surface area contributed by atoms with E-state index < -0.39 is 11.0 Å². The van der Waals surface area contributed by atoms with Crippen molar-refractivity contribution in [3.8, 4) is 5.75 Å². The molecule has 1 aromatic carbocycles. The molecule has 7 heteroatoms. The fourth-order valence-corrected chi connectivity index (χ4v) is 3.83. The number of rotatable bonds is 5. The highest BCUT2D eigenvalue weighted by atomic mass is 32.2. The Balaban J connectivity index is 1.62. The minimum Gasteiger partial charge on any atom is -0.497 e. The van der Waals surface area contributed by atoms with Crippen molar-refractivity contribution in [2.75, 3.05) is 50.6 Å². The Bertz CT molecular complexity index is 700. The van der Waals surface area contributed by atoms with Gasteiger partial charge in [0.25, 0.3) is 0 Å². The van der Waals surface area contributed by atoms with E-state index in [4.69, 9.17) is 4.74 Å². The SMILES string of the molecule is CNc1ccc(S(=O)N2CCN(c3cc(OC)ccn3)CC2)cc1. The molecule has 0 radical (unpaired) electrons. The van der Waals surface area contributed by atoms with E-state index in [1.54, 1.807) is 13.3 Å². The molecular weight excluding hydrogens is 324 g/mol. The molecule has 1 saturated heterocycles. The van der Waals surface area contributed by atoms with Gasteiger partial charge in [-0.15, -0.1) is 0 Å². The molecule has 1 aromatic heterocycles. The van der Waals surface area contributed by atoms with E-state index in [-0.39, 0.29) is 0 Å². The Morgan fingerprint density at radius 1 is 1.12 bits per heavy atom. The van der Waals surface area contributed by atoms with Gasteiger partial charge in [0.2, 0.25) is 0 Å². The first-order valence-electron chi connectivity index (χ1n) is 7.91. The molecule has 0 aliphatic carbocycles. The van der Waals surface area contributed by atoms with E-state index in [0.717, 1.165) is 48.3 Å². The van der Waals surface area contributed by atoms with Crippen molar-refractivity contribution in [3.05, 3.63) is 42.6 Å². The first kappa shape index (κ1) is 16.7. The van der Waals surface area contributed by atoms with E-state index in [1.807, 2.05) is 47.8 Å². The molecule has 3 rings (SSSR count). The predicted octanol–water partition coefficient (Wildman–Crippen LogP) is 1.98. The summed E-state index contributed by atoms with van der Waals surface area (Å²) in [6, 6.07) is 11.5. The molecule has 1 unspecified atom stereocenters. The second-order valence-corrected chi connectivity index (χ2v) is 6.98. The molecule has 0 amide bonds. The van der Waals surface area contributed by atoms with Crippen LogP contribution >= 0.6 is 0 Å². The molecule has 1 N–H and O–H groups in total. The van der Waals surface area contributed by atoms with Crippen LogP contribution in [0.3, 0.4) is 0 Å². The third-order valence-electron chi connectivity index (χ3n) is 4.09. The zero-order valence-corrected chi connectivity index (χ0v) is 14.8. The second-order valence-electron chi connectivity index (χ2n) is 5.49. The molecule has 2 aromatic rings. The maximum atomic E-state index is 12.7. The van der Waals surface area contributed by atoms with Crippen molar-refractivity contribution in [3.63, 3.8) is 0 Å². The molecule has 6 nitrogen and oxygen atoms in total. The molecule has 0 saturated carbocycles.